The van der Waals surface area contributed by atoms with E-state index in [2.05, 4.69) is 20.7 Å². The first-order valence-corrected chi connectivity index (χ1v) is 5.53. The number of ether oxygens (including phenoxy) is 2. The van der Waals surface area contributed by atoms with Gasteiger partial charge in [-0.1, -0.05) is 28.1 Å². The van der Waals surface area contributed by atoms with Gasteiger partial charge in [-0.15, -0.1) is 0 Å². The van der Waals surface area contributed by atoms with E-state index < -0.39 is 5.97 Å². The summed E-state index contributed by atoms with van der Waals surface area (Å²) in [5, 5.41) is 0. The van der Waals surface area contributed by atoms with Crippen LogP contribution in [-0.2, 0) is 9.53 Å². The highest BCUT2D eigenvalue weighted by Crippen LogP contribution is 2.23. The Balaban J connectivity index is 2.87. The number of methoxy groups -OCH3 is 1. The van der Waals surface area contributed by atoms with E-state index in [1.807, 2.05) is 0 Å². The van der Waals surface area contributed by atoms with Crippen molar-refractivity contribution < 1.29 is 14.3 Å². The Morgan fingerprint density at radius 3 is 2.81 bits per heavy atom. The second-order valence-corrected chi connectivity index (χ2v) is 4.23. The standard InChI is InChI=1S/C10H10BrNO3S/c1-14-9(13)5-15-8-3-2-6(11)4-7(8)10(12)16/h2-4H,5H2,1H3,(H2,12,16). The topological polar surface area (TPSA) is 61.5 Å². The van der Waals surface area contributed by atoms with E-state index in [1.165, 1.54) is 7.11 Å². The minimum absolute atomic E-state index is 0.173. The van der Waals surface area contributed by atoms with Gasteiger partial charge in [-0.25, -0.2) is 4.79 Å². The number of rotatable bonds is 4. The number of carbonyl (C=O) groups is 1. The first kappa shape index (κ1) is 12.9. The van der Waals surface area contributed by atoms with Crippen molar-refractivity contribution in [1.82, 2.24) is 0 Å². The van der Waals surface area contributed by atoms with Crippen molar-refractivity contribution in [2.75, 3.05) is 13.7 Å². The molecule has 1 aromatic carbocycles. The summed E-state index contributed by atoms with van der Waals surface area (Å²) in [6.45, 7) is -0.173. The molecule has 4 nitrogen and oxygen atoms in total. The van der Waals surface area contributed by atoms with Crippen molar-refractivity contribution in [3.05, 3.63) is 28.2 Å². The van der Waals surface area contributed by atoms with E-state index in [4.69, 9.17) is 22.7 Å². The van der Waals surface area contributed by atoms with Gasteiger partial charge in [-0.05, 0) is 18.2 Å². The van der Waals surface area contributed by atoms with Crippen LogP contribution in [0.15, 0.2) is 22.7 Å². The molecule has 0 amide bonds. The van der Waals surface area contributed by atoms with Crippen LogP contribution in [0.4, 0.5) is 0 Å². The molecule has 6 heteroatoms. The summed E-state index contributed by atoms with van der Waals surface area (Å²) in [6.07, 6.45) is 0. The van der Waals surface area contributed by atoms with E-state index in [0.29, 0.717) is 11.3 Å². The summed E-state index contributed by atoms with van der Waals surface area (Å²) in [5.41, 5.74) is 6.11. The van der Waals surface area contributed by atoms with Crippen LogP contribution in [0.25, 0.3) is 0 Å². The molecule has 0 saturated heterocycles. The average molecular weight is 304 g/mol. The Kier molecular flexibility index (Phi) is 4.70. The third-order valence-electron chi connectivity index (χ3n) is 1.78. The third-order valence-corrected chi connectivity index (χ3v) is 2.49. The lowest BCUT2D eigenvalue weighted by atomic mass is 10.2. The zero-order valence-electron chi connectivity index (χ0n) is 8.53. The number of thiocarbonyl (C=S) groups is 1. The molecule has 16 heavy (non-hydrogen) atoms. The van der Waals surface area contributed by atoms with Gasteiger partial charge in [0.1, 0.15) is 10.7 Å². The first-order chi connectivity index (χ1) is 7.54. The predicted molar refractivity (Wildman–Crippen MR) is 67.5 cm³/mol. The van der Waals surface area contributed by atoms with Crippen molar-refractivity contribution in [1.29, 1.82) is 0 Å². The number of carbonyl (C=O) groups excluding carboxylic acids is 1. The van der Waals surface area contributed by atoms with Crippen LogP contribution in [0.1, 0.15) is 5.56 Å². The van der Waals surface area contributed by atoms with Gasteiger partial charge in [0.15, 0.2) is 6.61 Å². The molecule has 0 aliphatic carbocycles. The zero-order chi connectivity index (χ0) is 12.1. The van der Waals surface area contributed by atoms with Crippen molar-refractivity contribution >= 4 is 39.1 Å². The van der Waals surface area contributed by atoms with Crippen LogP contribution in [0.5, 0.6) is 5.75 Å². The second-order valence-electron chi connectivity index (χ2n) is 2.87. The number of hydrogen-bond acceptors (Lipinski definition) is 4. The Bertz CT molecular complexity index is 423. The smallest absolute Gasteiger partial charge is 0.343 e. The molecule has 0 atom stereocenters. The molecule has 2 N–H and O–H groups in total. The van der Waals surface area contributed by atoms with Crippen LogP contribution in [-0.4, -0.2) is 24.7 Å². The molecule has 0 aromatic heterocycles. The summed E-state index contributed by atoms with van der Waals surface area (Å²) in [4.78, 5) is 11.1. The summed E-state index contributed by atoms with van der Waals surface area (Å²) < 4.78 is 10.5. The minimum atomic E-state index is -0.461. The van der Waals surface area contributed by atoms with Crippen LogP contribution in [0.2, 0.25) is 0 Å². The van der Waals surface area contributed by atoms with Gasteiger partial charge in [0.05, 0.1) is 12.7 Å². The van der Waals surface area contributed by atoms with Gasteiger partial charge in [-0.3, -0.25) is 0 Å². The van der Waals surface area contributed by atoms with Crippen LogP contribution in [0.3, 0.4) is 0 Å². The van der Waals surface area contributed by atoms with Crippen molar-refractivity contribution in [2.45, 2.75) is 0 Å². The largest absolute Gasteiger partial charge is 0.481 e. The molecular formula is C10H10BrNO3S. The van der Waals surface area contributed by atoms with E-state index >= 15 is 0 Å². The molecule has 0 heterocycles. The average Bonchev–Trinajstić information content (AvgIpc) is 2.26. The maximum absolute atomic E-state index is 10.9. The fraction of sp³-hybridized carbons (Fsp3) is 0.200. The summed E-state index contributed by atoms with van der Waals surface area (Å²) >= 11 is 8.17. The lowest BCUT2D eigenvalue weighted by Crippen LogP contribution is -2.16. The highest BCUT2D eigenvalue weighted by molar-refractivity contribution is 9.10. The molecule has 1 rings (SSSR count). The Morgan fingerprint density at radius 1 is 1.56 bits per heavy atom. The molecule has 0 unspecified atom stereocenters. The number of hydrogen-bond donors (Lipinski definition) is 1. The van der Waals surface area contributed by atoms with Gasteiger partial charge in [0.25, 0.3) is 0 Å². The Hall–Kier alpha value is -1.14. The molecule has 0 bridgehead atoms. The van der Waals surface area contributed by atoms with E-state index in [-0.39, 0.29) is 11.6 Å². The normalized spacial score (nSPS) is 9.62. The number of esters is 1. The summed E-state index contributed by atoms with van der Waals surface area (Å²) in [5.74, 6) is -0.00194. The van der Waals surface area contributed by atoms with E-state index in [1.54, 1.807) is 18.2 Å². The molecule has 0 saturated carbocycles. The maximum Gasteiger partial charge on any atom is 0.343 e. The highest BCUT2D eigenvalue weighted by Gasteiger charge is 2.09. The summed E-state index contributed by atoms with van der Waals surface area (Å²) in [7, 11) is 1.29. The lowest BCUT2D eigenvalue weighted by molar-refractivity contribution is -0.142. The molecular weight excluding hydrogens is 294 g/mol. The Labute approximate surface area is 107 Å². The van der Waals surface area contributed by atoms with Gasteiger partial charge in [0, 0.05) is 4.47 Å². The second kappa shape index (κ2) is 5.81. The minimum Gasteiger partial charge on any atom is -0.481 e. The molecule has 0 radical (unpaired) electrons. The molecule has 86 valence electrons. The lowest BCUT2D eigenvalue weighted by Gasteiger charge is -2.09. The van der Waals surface area contributed by atoms with E-state index in [9.17, 15) is 4.79 Å². The van der Waals surface area contributed by atoms with Gasteiger partial charge < -0.3 is 15.2 Å². The summed E-state index contributed by atoms with van der Waals surface area (Å²) in [6, 6.07) is 5.19. The monoisotopic (exact) mass is 303 g/mol. The van der Waals surface area contributed by atoms with Crippen LogP contribution in [0, 0.1) is 0 Å². The number of nitrogens with two attached hydrogens (primary N) is 1. The highest BCUT2D eigenvalue weighted by atomic mass is 79.9. The van der Waals surface area contributed by atoms with Crippen molar-refractivity contribution in [3.63, 3.8) is 0 Å². The fourth-order valence-corrected chi connectivity index (χ4v) is 1.54. The molecule has 0 fully saturated rings. The van der Waals surface area contributed by atoms with Gasteiger partial charge in [-0.2, -0.15) is 0 Å². The van der Waals surface area contributed by atoms with Crippen molar-refractivity contribution in [2.24, 2.45) is 5.73 Å². The molecule has 0 aliphatic rings. The number of halogens is 1. The predicted octanol–water partition coefficient (Wildman–Crippen LogP) is 1.64. The zero-order valence-corrected chi connectivity index (χ0v) is 10.9. The van der Waals surface area contributed by atoms with Crippen molar-refractivity contribution in [3.8, 4) is 5.75 Å². The number of benzene rings is 1. The SMILES string of the molecule is COC(=O)COc1ccc(Br)cc1C(N)=S. The molecule has 0 aliphatic heterocycles. The van der Waals surface area contributed by atoms with Gasteiger partial charge in [0.2, 0.25) is 0 Å². The molecule has 1 aromatic rings. The van der Waals surface area contributed by atoms with Crippen LogP contribution < -0.4 is 10.5 Å². The van der Waals surface area contributed by atoms with Crippen LogP contribution >= 0.6 is 28.1 Å². The fourth-order valence-electron chi connectivity index (χ4n) is 1.02. The third kappa shape index (κ3) is 3.46. The Morgan fingerprint density at radius 2 is 2.25 bits per heavy atom. The molecule has 0 spiro atoms. The maximum atomic E-state index is 10.9. The van der Waals surface area contributed by atoms with E-state index in [0.717, 1.165) is 4.47 Å². The van der Waals surface area contributed by atoms with Gasteiger partial charge >= 0.3 is 5.97 Å². The quantitative estimate of drug-likeness (QED) is 0.677. The first-order valence-electron chi connectivity index (χ1n) is 4.33.